The normalized spacial score (nSPS) is 12.1. The second-order valence-electron chi connectivity index (χ2n) is 7.49. The Morgan fingerprint density at radius 1 is 0.862 bits per heavy atom. The van der Waals surface area contributed by atoms with Crippen molar-refractivity contribution in [2.24, 2.45) is 11.5 Å². The van der Waals surface area contributed by atoms with Crippen LogP contribution in [0.25, 0.3) is 10.8 Å². The summed E-state index contributed by atoms with van der Waals surface area (Å²) in [5.74, 6) is 0.0228. The predicted molar refractivity (Wildman–Crippen MR) is 121 cm³/mol. The average molecular weight is 390 g/mol. The van der Waals surface area contributed by atoms with E-state index in [1.807, 2.05) is 23.1 Å². The monoisotopic (exact) mass is 389 g/mol. The van der Waals surface area contributed by atoms with Gasteiger partial charge in [0.2, 0.25) is 5.91 Å². The van der Waals surface area contributed by atoms with Crippen LogP contribution in [0.1, 0.15) is 24.0 Å². The Morgan fingerprint density at radius 3 is 2.38 bits per heavy atom. The Kier molecular flexibility index (Phi) is 7.79. The molecule has 4 heteroatoms. The fourth-order valence-corrected chi connectivity index (χ4v) is 3.71. The topological polar surface area (TPSA) is 72.3 Å². The molecule has 0 aliphatic carbocycles. The molecule has 0 spiro atoms. The lowest BCUT2D eigenvalue weighted by atomic mass is 10.0. The molecule has 4 nitrogen and oxygen atoms in total. The Labute approximate surface area is 173 Å². The highest BCUT2D eigenvalue weighted by Gasteiger charge is 2.20. The summed E-state index contributed by atoms with van der Waals surface area (Å²) >= 11 is 0. The number of nitrogens with two attached hydrogens (primary N) is 2. The lowest BCUT2D eigenvalue weighted by Gasteiger charge is -2.26. The van der Waals surface area contributed by atoms with E-state index in [9.17, 15) is 4.79 Å². The van der Waals surface area contributed by atoms with E-state index in [1.54, 1.807) is 0 Å². The first kappa shape index (κ1) is 21.0. The van der Waals surface area contributed by atoms with Gasteiger partial charge in [0.05, 0.1) is 6.04 Å². The van der Waals surface area contributed by atoms with Crippen molar-refractivity contribution in [3.8, 4) is 0 Å². The van der Waals surface area contributed by atoms with Crippen LogP contribution in [-0.4, -0.2) is 36.5 Å². The van der Waals surface area contributed by atoms with Gasteiger partial charge in [0.25, 0.3) is 0 Å². The number of carbonyl (C=O) groups is 1. The van der Waals surface area contributed by atoms with E-state index < -0.39 is 6.04 Å². The standard InChI is InChI=1S/C25H31N3O/c26-17-7-18-28(25(29)24(27)15-14-20-8-2-1-3-9-20)19-16-22-12-6-11-21-10-4-5-13-23(21)22/h1-6,8-13,24H,7,14-19,26-27H2/t24-/m0/s1. The third kappa shape index (κ3) is 5.89. The number of benzene rings is 3. The summed E-state index contributed by atoms with van der Waals surface area (Å²) < 4.78 is 0. The Bertz CT molecular complexity index is 905. The maximum Gasteiger partial charge on any atom is 0.239 e. The number of fused-ring (bicyclic) bond motifs is 1. The van der Waals surface area contributed by atoms with Crippen LogP contribution in [0.4, 0.5) is 0 Å². The number of hydrogen-bond acceptors (Lipinski definition) is 3. The first-order valence-electron chi connectivity index (χ1n) is 10.4. The third-order valence-corrected chi connectivity index (χ3v) is 5.38. The summed E-state index contributed by atoms with van der Waals surface area (Å²) in [4.78, 5) is 14.9. The quantitative estimate of drug-likeness (QED) is 0.557. The molecule has 1 amide bonds. The zero-order valence-electron chi connectivity index (χ0n) is 17.0. The lowest BCUT2D eigenvalue weighted by Crippen LogP contribution is -2.45. The highest BCUT2D eigenvalue weighted by atomic mass is 16.2. The van der Waals surface area contributed by atoms with E-state index >= 15 is 0 Å². The zero-order chi connectivity index (χ0) is 20.5. The lowest BCUT2D eigenvalue weighted by molar-refractivity contribution is -0.132. The second kappa shape index (κ2) is 10.7. The Morgan fingerprint density at radius 2 is 1.59 bits per heavy atom. The minimum absolute atomic E-state index is 0.0228. The second-order valence-corrected chi connectivity index (χ2v) is 7.49. The Balaban J connectivity index is 1.64. The molecule has 0 unspecified atom stereocenters. The molecule has 0 fully saturated rings. The van der Waals surface area contributed by atoms with Gasteiger partial charge in [-0.05, 0) is 54.1 Å². The van der Waals surface area contributed by atoms with Gasteiger partial charge in [0.15, 0.2) is 0 Å². The largest absolute Gasteiger partial charge is 0.341 e. The van der Waals surface area contributed by atoms with Crippen LogP contribution in [0.2, 0.25) is 0 Å². The third-order valence-electron chi connectivity index (χ3n) is 5.38. The van der Waals surface area contributed by atoms with E-state index in [1.165, 1.54) is 21.9 Å². The highest BCUT2D eigenvalue weighted by Crippen LogP contribution is 2.19. The maximum atomic E-state index is 13.0. The van der Waals surface area contributed by atoms with Crippen molar-refractivity contribution < 1.29 is 4.79 Å². The highest BCUT2D eigenvalue weighted by molar-refractivity contribution is 5.86. The number of nitrogens with zero attached hydrogens (tertiary/aromatic N) is 1. The van der Waals surface area contributed by atoms with Crippen LogP contribution < -0.4 is 11.5 Å². The van der Waals surface area contributed by atoms with E-state index in [-0.39, 0.29) is 5.91 Å². The molecule has 0 bridgehead atoms. The summed E-state index contributed by atoms with van der Waals surface area (Å²) in [7, 11) is 0. The van der Waals surface area contributed by atoms with Crippen molar-refractivity contribution in [3.05, 3.63) is 83.9 Å². The van der Waals surface area contributed by atoms with Crippen molar-refractivity contribution in [3.63, 3.8) is 0 Å². The molecule has 29 heavy (non-hydrogen) atoms. The minimum Gasteiger partial charge on any atom is -0.341 e. The van der Waals surface area contributed by atoms with Crippen LogP contribution in [-0.2, 0) is 17.6 Å². The van der Waals surface area contributed by atoms with E-state index in [4.69, 9.17) is 11.5 Å². The van der Waals surface area contributed by atoms with E-state index in [0.29, 0.717) is 26.1 Å². The number of carbonyl (C=O) groups excluding carboxylic acids is 1. The van der Waals surface area contributed by atoms with Gasteiger partial charge in [0, 0.05) is 13.1 Å². The molecular weight excluding hydrogens is 358 g/mol. The molecule has 0 aromatic heterocycles. The number of aryl methyl sites for hydroxylation is 1. The molecule has 4 N–H and O–H groups in total. The molecule has 0 saturated carbocycles. The van der Waals surface area contributed by atoms with Gasteiger partial charge in [-0.1, -0.05) is 72.8 Å². The van der Waals surface area contributed by atoms with Crippen molar-refractivity contribution in [2.45, 2.75) is 31.7 Å². The van der Waals surface area contributed by atoms with E-state index in [0.717, 1.165) is 19.3 Å². The smallest absolute Gasteiger partial charge is 0.239 e. The van der Waals surface area contributed by atoms with Crippen molar-refractivity contribution in [2.75, 3.05) is 19.6 Å². The number of rotatable bonds is 10. The fourth-order valence-electron chi connectivity index (χ4n) is 3.71. The minimum atomic E-state index is -0.486. The van der Waals surface area contributed by atoms with Crippen molar-refractivity contribution in [1.82, 2.24) is 4.90 Å². The maximum absolute atomic E-state index is 13.0. The molecule has 0 aliphatic heterocycles. The molecule has 0 heterocycles. The van der Waals surface area contributed by atoms with E-state index in [2.05, 4.69) is 54.6 Å². The van der Waals surface area contributed by atoms with Crippen molar-refractivity contribution >= 4 is 16.7 Å². The van der Waals surface area contributed by atoms with Gasteiger partial charge in [-0.15, -0.1) is 0 Å². The number of hydrogen-bond donors (Lipinski definition) is 2. The zero-order valence-corrected chi connectivity index (χ0v) is 17.0. The average Bonchev–Trinajstić information content (AvgIpc) is 2.78. The van der Waals surface area contributed by atoms with Gasteiger partial charge in [-0.3, -0.25) is 4.79 Å². The predicted octanol–water partition coefficient (Wildman–Crippen LogP) is 3.52. The van der Waals surface area contributed by atoms with Gasteiger partial charge >= 0.3 is 0 Å². The molecule has 1 atom stereocenters. The van der Waals surface area contributed by atoms with Crippen LogP contribution >= 0.6 is 0 Å². The van der Waals surface area contributed by atoms with Crippen molar-refractivity contribution in [1.29, 1.82) is 0 Å². The summed E-state index contributed by atoms with van der Waals surface area (Å²) in [6.07, 6.45) is 3.05. The van der Waals surface area contributed by atoms with Gasteiger partial charge < -0.3 is 16.4 Å². The summed E-state index contributed by atoms with van der Waals surface area (Å²) in [5, 5.41) is 2.47. The van der Waals surface area contributed by atoms with Crippen LogP contribution in [0.3, 0.4) is 0 Å². The first-order chi connectivity index (χ1) is 14.2. The van der Waals surface area contributed by atoms with Gasteiger partial charge in [-0.2, -0.15) is 0 Å². The molecule has 3 aromatic rings. The molecule has 0 aliphatic rings. The van der Waals surface area contributed by atoms with Crippen LogP contribution in [0.5, 0.6) is 0 Å². The molecular formula is C25H31N3O. The fraction of sp³-hybridized carbons (Fsp3) is 0.320. The van der Waals surface area contributed by atoms with Gasteiger partial charge in [-0.25, -0.2) is 0 Å². The number of amides is 1. The SMILES string of the molecule is NCCCN(CCc1cccc2ccccc12)C(=O)[C@@H](N)CCc1ccccc1. The molecule has 152 valence electrons. The molecule has 3 rings (SSSR count). The Hall–Kier alpha value is -2.69. The molecule has 0 radical (unpaired) electrons. The molecule has 0 saturated heterocycles. The van der Waals surface area contributed by atoms with Crippen LogP contribution in [0, 0.1) is 0 Å². The first-order valence-corrected chi connectivity index (χ1v) is 10.4. The summed E-state index contributed by atoms with van der Waals surface area (Å²) in [6.45, 7) is 1.88. The summed E-state index contributed by atoms with van der Waals surface area (Å²) in [6, 6.07) is 24.4. The van der Waals surface area contributed by atoms with Crippen LogP contribution in [0.15, 0.2) is 72.8 Å². The summed E-state index contributed by atoms with van der Waals surface area (Å²) in [5.41, 5.74) is 14.4. The van der Waals surface area contributed by atoms with Gasteiger partial charge in [0.1, 0.15) is 0 Å². The molecule has 3 aromatic carbocycles.